The lowest BCUT2D eigenvalue weighted by Crippen LogP contribution is -2.39. The van der Waals surface area contributed by atoms with E-state index in [1.54, 1.807) is 11.3 Å². The van der Waals surface area contributed by atoms with E-state index in [9.17, 15) is 9.59 Å². The lowest BCUT2D eigenvalue weighted by atomic mass is 9.98. The molecule has 9 heteroatoms. The van der Waals surface area contributed by atoms with Crippen LogP contribution in [0, 0.1) is 0 Å². The summed E-state index contributed by atoms with van der Waals surface area (Å²) in [6.45, 7) is 1.63. The molecule has 0 aliphatic carbocycles. The zero-order valence-corrected chi connectivity index (χ0v) is 17.8. The Morgan fingerprint density at radius 1 is 1.23 bits per heavy atom. The zero-order valence-electron chi connectivity index (χ0n) is 16.2. The first-order valence-electron chi connectivity index (χ1n) is 9.92. The van der Waals surface area contributed by atoms with Crippen LogP contribution < -0.4 is 5.76 Å². The van der Waals surface area contributed by atoms with Gasteiger partial charge in [-0.1, -0.05) is 18.2 Å². The van der Waals surface area contributed by atoms with E-state index in [4.69, 9.17) is 9.40 Å². The third-order valence-corrected chi connectivity index (χ3v) is 7.37. The Balaban J connectivity index is 1.23. The fraction of sp³-hybridized carbons (Fsp3) is 0.333. The van der Waals surface area contributed by atoms with E-state index in [-0.39, 0.29) is 24.8 Å². The first kappa shape index (κ1) is 19.2. The molecule has 1 fully saturated rings. The van der Waals surface area contributed by atoms with Crippen LogP contribution in [-0.2, 0) is 11.3 Å². The lowest BCUT2D eigenvalue weighted by Gasteiger charge is -2.31. The van der Waals surface area contributed by atoms with Gasteiger partial charge in [0.25, 0.3) is 5.89 Å². The summed E-state index contributed by atoms with van der Waals surface area (Å²) in [7, 11) is 0. The number of piperidine rings is 1. The van der Waals surface area contributed by atoms with Crippen LogP contribution in [0.15, 0.2) is 51.0 Å². The molecule has 4 aromatic rings. The number of carbonyl (C=O) groups excluding carboxylic acids is 1. The van der Waals surface area contributed by atoms with Crippen molar-refractivity contribution in [2.75, 3.05) is 13.1 Å². The van der Waals surface area contributed by atoms with Gasteiger partial charge in [-0.15, -0.1) is 27.8 Å². The molecule has 0 radical (unpaired) electrons. The first-order valence-corrected chi connectivity index (χ1v) is 11.6. The van der Waals surface area contributed by atoms with Gasteiger partial charge in [0.2, 0.25) is 5.91 Å². The van der Waals surface area contributed by atoms with Crippen LogP contribution in [0.2, 0.25) is 0 Å². The standard InChI is InChI=1S/C21H20N4O3S2/c26-18(9-11-25-21(27)28-19(23-25)17-8-4-12-29-17)24-10-3-5-14(13-24)20-22-15-6-1-2-7-16(15)30-20/h1-2,4,6-8,12,14H,3,5,9-11,13H2/t14-/m0/s1. The Hall–Kier alpha value is -2.78. The molecular formula is C21H20N4O3S2. The van der Waals surface area contributed by atoms with E-state index in [1.807, 2.05) is 40.6 Å². The monoisotopic (exact) mass is 440 g/mol. The smallest absolute Gasteiger partial charge is 0.387 e. The predicted molar refractivity (Wildman–Crippen MR) is 117 cm³/mol. The molecule has 0 N–H and O–H groups in total. The molecule has 30 heavy (non-hydrogen) atoms. The molecule has 1 amide bonds. The van der Waals surface area contributed by atoms with Gasteiger partial charge >= 0.3 is 5.76 Å². The molecule has 154 valence electrons. The van der Waals surface area contributed by atoms with Crippen LogP contribution >= 0.6 is 22.7 Å². The summed E-state index contributed by atoms with van der Waals surface area (Å²) in [5.41, 5.74) is 1.02. The van der Waals surface area contributed by atoms with Crippen molar-refractivity contribution in [3.8, 4) is 10.8 Å². The molecule has 0 spiro atoms. The Bertz CT molecular complexity index is 1190. The van der Waals surface area contributed by atoms with Crippen LogP contribution in [0.4, 0.5) is 0 Å². The molecule has 7 nitrogen and oxygen atoms in total. The molecule has 1 aliphatic heterocycles. The van der Waals surface area contributed by atoms with Crippen molar-refractivity contribution in [3.05, 3.63) is 57.3 Å². The molecule has 1 atom stereocenters. The molecule has 5 rings (SSSR count). The number of likely N-dealkylation sites (tertiary alicyclic amines) is 1. The van der Waals surface area contributed by atoms with Crippen molar-refractivity contribution in [3.63, 3.8) is 0 Å². The van der Waals surface area contributed by atoms with Crippen molar-refractivity contribution in [2.24, 2.45) is 0 Å². The molecule has 0 bridgehead atoms. The van der Waals surface area contributed by atoms with E-state index in [1.165, 1.54) is 20.7 Å². The van der Waals surface area contributed by atoms with E-state index in [0.717, 1.165) is 34.8 Å². The van der Waals surface area contributed by atoms with Crippen LogP contribution in [0.25, 0.3) is 21.0 Å². The predicted octanol–water partition coefficient (Wildman–Crippen LogP) is 3.97. The van der Waals surface area contributed by atoms with Crippen LogP contribution in [-0.4, -0.2) is 38.7 Å². The third-order valence-electron chi connectivity index (χ3n) is 5.31. The number of amides is 1. The van der Waals surface area contributed by atoms with Gasteiger partial charge in [0, 0.05) is 25.4 Å². The van der Waals surface area contributed by atoms with Crippen molar-refractivity contribution in [1.29, 1.82) is 0 Å². The summed E-state index contributed by atoms with van der Waals surface area (Å²) in [5, 5.41) is 7.22. The van der Waals surface area contributed by atoms with Gasteiger partial charge in [0.15, 0.2) is 0 Å². The van der Waals surface area contributed by atoms with Gasteiger partial charge < -0.3 is 9.32 Å². The number of thiazole rings is 1. The van der Waals surface area contributed by atoms with Gasteiger partial charge in [-0.2, -0.15) is 4.68 Å². The quantitative estimate of drug-likeness (QED) is 0.469. The SMILES string of the molecule is O=C(CCn1nc(-c2cccs2)oc1=O)N1CCC[C@H](c2nc3ccccc3s2)C1. The number of aryl methyl sites for hydroxylation is 1. The Kier molecular flexibility index (Phi) is 5.22. The van der Waals surface area contributed by atoms with E-state index >= 15 is 0 Å². The van der Waals surface area contributed by atoms with E-state index in [2.05, 4.69) is 11.2 Å². The number of para-hydroxylation sites is 1. The highest BCUT2D eigenvalue weighted by molar-refractivity contribution is 7.18. The van der Waals surface area contributed by atoms with Crippen LogP contribution in [0.1, 0.15) is 30.2 Å². The van der Waals surface area contributed by atoms with E-state index < -0.39 is 5.76 Å². The van der Waals surface area contributed by atoms with Crippen molar-refractivity contribution < 1.29 is 9.21 Å². The minimum Gasteiger partial charge on any atom is -0.387 e. The summed E-state index contributed by atoms with van der Waals surface area (Å²) in [5.74, 6) is 0.0715. The van der Waals surface area contributed by atoms with Crippen LogP contribution in [0.3, 0.4) is 0 Å². The lowest BCUT2D eigenvalue weighted by molar-refractivity contribution is -0.132. The molecular weight excluding hydrogens is 420 g/mol. The highest BCUT2D eigenvalue weighted by Crippen LogP contribution is 2.33. The molecule has 0 unspecified atom stereocenters. The average Bonchev–Trinajstić information content (AvgIpc) is 3.51. The van der Waals surface area contributed by atoms with Gasteiger partial charge in [-0.05, 0) is 36.4 Å². The number of hydrogen-bond acceptors (Lipinski definition) is 7. The zero-order chi connectivity index (χ0) is 20.5. The minimum atomic E-state index is -0.530. The average molecular weight is 441 g/mol. The number of benzene rings is 1. The molecule has 1 aliphatic rings. The molecule has 0 saturated carbocycles. The van der Waals surface area contributed by atoms with E-state index in [0.29, 0.717) is 12.4 Å². The molecule has 3 aromatic heterocycles. The third kappa shape index (κ3) is 3.82. The van der Waals surface area contributed by atoms with Gasteiger partial charge in [0.05, 0.1) is 26.6 Å². The molecule has 1 saturated heterocycles. The number of thiophene rings is 1. The van der Waals surface area contributed by atoms with Gasteiger partial charge in [-0.3, -0.25) is 4.79 Å². The maximum atomic E-state index is 12.8. The van der Waals surface area contributed by atoms with Gasteiger partial charge in [-0.25, -0.2) is 9.78 Å². The van der Waals surface area contributed by atoms with Crippen molar-refractivity contribution in [2.45, 2.75) is 31.7 Å². The maximum Gasteiger partial charge on any atom is 0.437 e. The summed E-state index contributed by atoms with van der Waals surface area (Å²) in [4.78, 5) is 32.3. The number of hydrogen-bond donors (Lipinski definition) is 0. The molecule has 1 aromatic carbocycles. The number of carbonyl (C=O) groups is 1. The Labute approximate surface area is 180 Å². The minimum absolute atomic E-state index is 0.0355. The summed E-state index contributed by atoms with van der Waals surface area (Å²) in [6, 6.07) is 11.9. The number of aromatic nitrogens is 3. The second-order valence-electron chi connectivity index (χ2n) is 7.32. The maximum absolute atomic E-state index is 12.8. The second kappa shape index (κ2) is 8.16. The van der Waals surface area contributed by atoms with Crippen molar-refractivity contribution >= 4 is 38.8 Å². The largest absolute Gasteiger partial charge is 0.437 e. The number of nitrogens with zero attached hydrogens (tertiary/aromatic N) is 4. The fourth-order valence-corrected chi connectivity index (χ4v) is 5.51. The first-order chi connectivity index (χ1) is 14.7. The highest BCUT2D eigenvalue weighted by Gasteiger charge is 2.27. The summed E-state index contributed by atoms with van der Waals surface area (Å²) >= 11 is 3.17. The normalized spacial score (nSPS) is 16.9. The molecule has 4 heterocycles. The fourth-order valence-electron chi connectivity index (χ4n) is 3.78. The Morgan fingerprint density at radius 2 is 2.13 bits per heavy atom. The van der Waals surface area contributed by atoms with Crippen molar-refractivity contribution in [1.82, 2.24) is 19.7 Å². The van der Waals surface area contributed by atoms with Gasteiger partial charge in [0.1, 0.15) is 0 Å². The van der Waals surface area contributed by atoms with Crippen LogP contribution in [0.5, 0.6) is 0 Å². The Morgan fingerprint density at radius 3 is 2.97 bits per heavy atom. The highest BCUT2D eigenvalue weighted by atomic mass is 32.1. The number of rotatable bonds is 5. The number of fused-ring (bicyclic) bond motifs is 1. The summed E-state index contributed by atoms with van der Waals surface area (Å²) < 4.78 is 7.64. The topological polar surface area (TPSA) is 81.2 Å². The summed E-state index contributed by atoms with van der Waals surface area (Å²) in [6.07, 6.45) is 2.22. The second-order valence-corrected chi connectivity index (χ2v) is 9.33.